The van der Waals surface area contributed by atoms with Crippen LogP contribution < -0.4 is 0 Å². The van der Waals surface area contributed by atoms with Gasteiger partial charge >= 0.3 is 0 Å². The van der Waals surface area contributed by atoms with Crippen molar-refractivity contribution in [3.8, 4) is 0 Å². The average Bonchev–Trinajstić information content (AvgIpc) is 3.09. The van der Waals surface area contributed by atoms with Crippen molar-refractivity contribution in [2.75, 3.05) is 19.6 Å². The number of nitrogens with zero attached hydrogens (tertiary/aromatic N) is 1. The predicted molar refractivity (Wildman–Crippen MR) is 120 cm³/mol. The molecule has 1 unspecified atom stereocenters. The first-order valence-corrected chi connectivity index (χ1v) is 10.5. The molecular weight excluding hydrogens is 326 g/mol. The molecule has 2 aromatic carbocycles. The van der Waals surface area contributed by atoms with Crippen LogP contribution >= 0.6 is 0 Å². The molecule has 0 radical (unpaired) electrons. The second kappa shape index (κ2) is 11.1. The Hall–Kier alpha value is -1.86. The summed E-state index contributed by atoms with van der Waals surface area (Å²) in [6.45, 7) is 16.6. The zero-order valence-corrected chi connectivity index (χ0v) is 17.8. The minimum absolute atomic E-state index is 0.915. The fourth-order valence-electron chi connectivity index (χ4n) is 3.86. The third-order valence-electron chi connectivity index (χ3n) is 5.55. The summed E-state index contributed by atoms with van der Waals surface area (Å²) in [5.41, 5.74) is 6.81. The SMILES string of the molecule is C=C(C)c1ccccc1CC.Cc1ccccc1CCCN1CCC(C)C1. The molecule has 0 spiro atoms. The van der Waals surface area contributed by atoms with Gasteiger partial charge in [0.2, 0.25) is 0 Å². The van der Waals surface area contributed by atoms with Gasteiger partial charge in [-0.05, 0) is 80.8 Å². The summed E-state index contributed by atoms with van der Waals surface area (Å²) in [4.78, 5) is 2.61. The summed E-state index contributed by atoms with van der Waals surface area (Å²) in [7, 11) is 0. The summed E-state index contributed by atoms with van der Waals surface area (Å²) in [5.74, 6) is 0.915. The molecule has 1 aliphatic rings. The van der Waals surface area contributed by atoms with Gasteiger partial charge in [0.1, 0.15) is 0 Å². The Labute approximate surface area is 167 Å². The summed E-state index contributed by atoms with van der Waals surface area (Å²) in [6, 6.07) is 17.2. The lowest BCUT2D eigenvalue weighted by Crippen LogP contribution is -2.21. The standard InChI is InChI=1S/C15H23N.C11H14/c1-13-9-11-16(12-13)10-5-8-15-7-4-3-6-14(15)2;1-4-10-7-5-6-8-11(10)9(2)3/h3-4,6-7,13H,5,8-12H2,1-2H3;5-8H,2,4H2,1,3H3. The Morgan fingerprint density at radius 3 is 2.30 bits per heavy atom. The van der Waals surface area contributed by atoms with Crippen LogP contribution in [0.5, 0.6) is 0 Å². The maximum atomic E-state index is 3.93. The molecule has 1 aliphatic heterocycles. The van der Waals surface area contributed by atoms with Gasteiger partial charge in [-0.15, -0.1) is 0 Å². The molecule has 0 aromatic heterocycles. The number of aryl methyl sites for hydroxylation is 3. The summed E-state index contributed by atoms with van der Waals surface area (Å²) in [5, 5.41) is 0. The Morgan fingerprint density at radius 2 is 1.74 bits per heavy atom. The molecule has 0 saturated carbocycles. The molecule has 1 saturated heterocycles. The Morgan fingerprint density at radius 1 is 1.07 bits per heavy atom. The molecule has 0 bridgehead atoms. The van der Waals surface area contributed by atoms with Crippen LogP contribution in [0, 0.1) is 12.8 Å². The Bertz CT molecular complexity index is 716. The maximum Gasteiger partial charge on any atom is 0.000750 e. The van der Waals surface area contributed by atoms with E-state index in [0.717, 1.165) is 17.9 Å². The fraction of sp³-hybridized carbons (Fsp3) is 0.462. The van der Waals surface area contributed by atoms with E-state index in [-0.39, 0.29) is 0 Å². The van der Waals surface area contributed by atoms with Gasteiger partial charge in [0.05, 0.1) is 0 Å². The number of hydrogen-bond donors (Lipinski definition) is 0. The van der Waals surface area contributed by atoms with Gasteiger partial charge in [-0.1, -0.05) is 74.5 Å². The predicted octanol–water partition coefficient (Wildman–Crippen LogP) is 6.55. The largest absolute Gasteiger partial charge is 0.303 e. The molecule has 146 valence electrons. The average molecular weight is 364 g/mol. The number of hydrogen-bond acceptors (Lipinski definition) is 1. The molecule has 0 amide bonds. The second-order valence-corrected chi connectivity index (χ2v) is 8.02. The van der Waals surface area contributed by atoms with E-state index in [1.807, 2.05) is 0 Å². The number of likely N-dealkylation sites (tertiary alicyclic amines) is 1. The maximum absolute atomic E-state index is 3.93. The molecule has 1 fully saturated rings. The highest BCUT2D eigenvalue weighted by Crippen LogP contribution is 2.17. The van der Waals surface area contributed by atoms with E-state index < -0.39 is 0 Å². The van der Waals surface area contributed by atoms with Crippen LogP contribution in [0.4, 0.5) is 0 Å². The minimum atomic E-state index is 0.915. The Balaban J connectivity index is 0.000000208. The van der Waals surface area contributed by atoms with Gasteiger partial charge in [0.25, 0.3) is 0 Å². The third kappa shape index (κ3) is 6.99. The van der Waals surface area contributed by atoms with Gasteiger partial charge in [-0.3, -0.25) is 0 Å². The van der Waals surface area contributed by atoms with Crippen molar-refractivity contribution in [3.63, 3.8) is 0 Å². The van der Waals surface area contributed by atoms with Crippen molar-refractivity contribution < 1.29 is 0 Å². The van der Waals surface area contributed by atoms with Crippen LogP contribution in [0.3, 0.4) is 0 Å². The Kier molecular flexibility index (Phi) is 8.81. The number of allylic oxidation sites excluding steroid dienone is 1. The molecule has 0 aliphatic carbocycles. The van der Waals surface area contributed by atoms with E-state index in [9.17, 15) is 0 Å². The minimum Gasteiger partial charge on any atom is -0.303 e. The number of rotatable bonds is 6. The molecule has 1 atom stereocenters. The second-order valence-electron chi connectivity index (χ2n) is 8.02. The smallest absolute Gasteiger partial charge is 0.000750 e. The molecule has 1 heterocycles. The number of benzene rings is 2. The quantitative estimate of drug-likeness (QED) is 0.562. The lowest BCUT2D eigenvalue weighted by atomic mass is 10.0. The van der Waals surface area contributed by atoms with Crippen molar-refractivity contribution in [2.45, 2.75) is 53.4 Å². The van der Waals surface area contributed by atoms with E-state index in [4.69, 9.17) is 0 Å². The van der Waals surface area contributed by atoms with Gasteiger partial charge < -0.3 is 4.90 Å². The fourth-order valence-corrected chi connectivity index (χ4v) is 3.86. The highest BCUT2D eigenvalue weighted by Gasteiger charge is 2.17. The van der Waals surface area contributed by atoms with E-state index in [1.54, 1.807) is 0 Å². The van der Waals surface area contributed by atoms with Crippen LogP contribution in [-0.2, 0) is 12.8 Å². The van der Waals surface area contributed by atoms with Crippen molar-refractivity contribution >= 4 is 5.57 Å². The van der Waals surface area contributed by atoms with Crippen LogP contribution in [-0.4, -0.2) is 24.5 Å². The zero-order valence-electron chi connectivity index (χ0n) is 17.8. The summed E-state index contributed by atoms with van der Waals surface area (Å²) < 4.78 is 0. The molecular formula is C26H37N. The van der Waals surface area contributed by atoms with Crippen LogP contribution in [0.1, 0.15) is 55.9 Å². The van der Waals surface area contributed by atoms with Gasteiger partial charge in [0.15, 0.2) is 0 Å². The lowest BCUT2D eigenvalue weighted by Gasteiger charge is -2.15. The van der Waals surface area contributed by atoms with E-state index in [1.165, 1.54) is 61.2 Å². The molecule has 0 N–H and O–H groups in total. The lowest BCUT2D eigenvalue weighted by molar-refractivity contribution is 0.323. The van der Waals surface area contributed by atoms with Crippen LogP contribution in [0.15, 0.2) is 55.1 Å². The van der Waals surface area contributed by atoms with Crippen molar-refractivity contribution in [1.29, 1.82) is 0 Å². The van der Waals surface area contributed by atoms with Crippen molar-refractivity contribution in [1.82, 2.24) is 4.90 Å². The van der Waals surface area contributed by atoms with Crippen LogP contribution in [0.2, 0.25) is 0 Å². The van der Waals surface area contributed by atoms with Crippen molar-refractivity contribution in [3.05, 3.63) is 77.4 Å². The topological polar surface area (TPSA) is 3.24 Å². The first kappa shape index (κ1) is 21.4. The molecule has 1 nitrogen and oxygen atoms in total. The van der Waals surface area contributed by atoms with Gasteiger partial charge in [-0.25, -0.2) is 0 Å². The van der Waals surface area contributed by atoms with E-state index >= 15 is 0 Å². The van der Waals surface area contributed by atoms with Crippen LogP contribution in [0.25, 0.3) is 5.57 Å². The molecule has 2 aromatic rings. The first-order valence-electron chi connectivity index (χ1n) is 10.5. The highest BCUT2D eigenvalue weighted by atomic mass is 15.1. The zero-order chi connectivity index (χ0) is 19.6. The molecule has 3 rings (SSSR count). The molecule has 27 heavy (non-hydrogen) atoms. The monoisotopic (exact) mass is 363 g/mol. The third-order valence-corrected chi connectivity index (χ3v) is 5.55. The molecule has 1 heteroatoms. The first-order chi connectivity index (χ1) is 13.0. The highest BCUT2D eigenvalue weighted by molar-refractivity contribution is 5.64. The van der Waals surface area contributed by atoms with Gasteiger partial charge in [-0.2, -0.15) is 0 Å². The van der Waals surface area contributed by atoms with Gasteiger partial charge in [0, 0.05) is 6.54 Å². The summed E-state index contributed by atoms with van der Waals surface area (Å²) in [6.07, 6.45) is 5.02. The van der Waals surface area contributed by atoms with E-state index in [2.05, 4.69) is 87.7 Å². The summed E-state index contributed by atoms with van der Waals surface area (Å²) >= 11 is 0. The van der Waals surface area contributed by atoms with Crippen molar-refractivity contribution in [2.24, 2.45) is 5.92 Å². The normalized spacial score (nSPS) is 16.7. The van der Waals surface area contributed by atoms with E-state index in [0.29, 0.717) is 0 Å².